The van der Waals surface area contributed by atoms with Crippen molar-refractivity contribution >= 4 is 34.8 Å². The number of carboxylic acids is 1. The van der Waals surface area contributed by atoms with E-state index in [0.717, 1.165) is 23.4 Å². The maximum atomic E-state index is 12.4. The summed E-state index contributed by atoms with van der Waals surface area (Å²) in [5, 5.41) is 15.3. The standard InChI is InChI=1S/C18H19ClN2O3S/c19-14-6-2-1-5-13(14)17-20-12(11-25-17)9-15(22)21-18(10-16(23)24)7-3-4-8-18/h1-2,5-6,11H,3-4,7-10H2,(H,21,22)(H,23,24). The number of carbonyl (C=O) groups excluding carboxylic acids is 1. The van der Waals surface area contributed by atoms with E-state index in [2.05, 4.69) is 10.3 Å². The third-order valence-electron chi connectivity index (χ3n) is 4.45. The summed E-state index contributed by atoms with van der Waals surface area (Å²) in [7, 11) is 0. The SMILES string of the molecule is O=C(O)CC1(NC(=O)Cc2csc(-c3ccccc3Cl)n2)CCCC1. The van der Waals surface area contributed by atoms with Crippen LogP contribution in [0.25, 0.3) is 10.6 Å². The van der Waals surface area contributed by atoms with Crippen molar-refractivity contribution in [2.45, 2.75) is 44.1 Å². The summed E-state index contributed by atoms with van der Waals surface area (Å²) in [6, 6.07) is 7.45. The fourth-order valence-electron chi connectivity index (χ4n) is 3.34. The molecule has 1 aliphatic carbocycles. The summed E-state index contributed by atoms with van der Waals surface area (Å²) < 4.78 is 0. The van der Waals surface area contributed by atoms with Gasteiger partial charge in [-0.05, 0) is 18.9 Å². The van der Waals surface area contributed by atoms with Gasteiger partial charge >= 0.3 is 5.97 Å². The summed E-state index contributed by atoms with van der Waals surface area (Å²) >= 11 is 7.63. The molecule has 25 heavy (non-hydrogen) atoms. The largest absolute Gasteiger partial charge is 0.481 e. The smallest absolute Gasteiger partial charge is 0.305 e. The van der Waals surface area contributed by atoms with Gasteiger partial charge in [-0.1, -0.05) is 42.6 Å². The van der Waals surface area contributed by atoms with Crippen LogP contribution in [0.3, 0.4) is 0 Å². The van der Waals surface area contributed by atoms with Gasteiger partial charge in [0, 0.05) is 10.9 Å². The van der Waals surface area contributed by atoms with Crippen LogP contribution in [0, 0.1) is 0 Å². The number of aromatic nitrogens is 1. The maximum absolute atomic E-state index is 12.4. The molecule has 0 radical (unpaired) electrons. The summed E-state index contributed by atoms with van der Waals surface area (Å²) in [4.78, 5) is 28.0. The lowest BCUT2D eigenvalue weighted by Crippen LogP contribution is -2.48. The molecule has 1 aromatic heterocycles. The number of carbonyl (C=O) groups is 2. The van der Waals surface area contributed by atoms with Crippen LogP contribution >= 0.6 is 22.9 Å². The molecule has 0 unspecified atom stereocenters. The Bertz CT molecular complexity index is 784. The minimum atomic E-state index is -0.878. The molecule has 1 aromatic carbocycles. The molecule has 0 bridgehead atoms. The van der Waals surface area contributed by atoms with Crippen LogP contribution in [-0.2, 0) is 16.0 Å². The first-order valence-electron chi connectivity index (χ1n) is 8.20. The molecule has 3 rings (SSSR count). The van der Waals surface area contributed by atoms with Gasteiger partial charge < -0.3 is 10.4 Å². The van der Waals surface area contributed by atoms with E-state index in [9.17, 15) is 9.59 Å². The lowest BCUT2D eigenvalue weighted by molar-refractivity contribution is -0.139. The third-order valence-corrected chi connectivity index (χ3v) is 5.71. The van der Waals surface area contributed by atoms with Crippen molar-refractivity contribution < 1.29 is 14.7 Å². The van der Waals surface area contributed by atoms with Gasteiger partial charge in [0.1, 0.15) is 5.01 Å². The molecule has 0 atom stereocenters. The average molecular weight is 379 g/mol. The van der Waals surface area contributed by atoms with Gasteiger partial charge in [-0.2, -0.15) is 0 Å². The number of amides is 1. The van der Waals surface area contributed by atoms with E-state index in [1.807, 2.05) is 23.6 Å². The quantitative estimate of drug-likeness (QED) is 0.798. The molecule has 1 saturated carbocycles. The van der Waals surface area contributed by atoms with Crippen LogP contribution in [0.15, 0.2) is 29.6 Å². The number of nitrogens with zero attached hydrogens (tertiary/aromatic N) is 1. The Morgan fingerprint density at radius 1 is 1.28 bits per heavy atom. The predicted molar refractivity (Wildman–Crippen MR) is 97.9 cm³/mol. The van der Waals surface area contributed by atoms with E-state index in [-0.39, 0.29) is 18.7 Å². The van der Waals surface area contributed by atoms with E-state index >= 15 is 0 Å². The van der Waals surface area contributed by atoms with Gasteiger partial charge in [0.05, 0.1) is 29.1 Å². The Morgan fingerprint density at radius 2 is 2.00 bits per heavy atom. The molecular weight excluding hydrogens is 360 g/mol. The minimum Gasteiger partial charge on any atom is -0.481 e. The van der Waals surface area contributed by atoms with Crippen molar-refractivity contribution in [3.05, 3.63) is 40.4 Å². The van der Waals surface area contributed by atoms with Crippen LogP contribution < -0.4 is 5.32 Å². The van der Waals surface area contributed by atoms with Crippen molar-refractivity contribution in [1.82, 2.24) is 10.3 Å². The number of hydrogen-bond acceptors (Lipinski definition) is 4. The Balaban J connectivity index is 1.67. The van der Waals surface area contributed by atoms with Crippen molar-refractivity contribution in [2.24, 2.45) is 0 Å². The van der Waals surface area contributed by atoms with Crippen LogP contribution in [-0.4, -0.2) is 27.5 Å². The fraction of sp³-hybridized carbons (Fsp3) is 0.389. The number of benzene rings is 1. The molecule has 1 heterocycles. The highest BCUT2D eigenvalue weighted by molar-refractivity contribution is 7.13. The van der Waals surface area contributed by atoms with E-state index in [4.69, 9.17) is 16.7 Å². The normalized spacial score (nSPS) is 15.9. The summed E-state index contributed by atoms with van der Waals surface area (Å²) in [6.45, 7) is 0. The molecule has 2 aromatic rings. The Kier molecular flexibility index (Phi) is 5.39. The summed E-state index contributed by atoms with van der Waals surface area (Å²) in [6.07, 6.45) is 3.44. The van der Waals surface area contributed by atoms with Crippen molar-refractivity contribution in [1.29, 1.82) is 0 Å². The zero-order chi connectivity index (χ0) is 17.9. The van der Waals surface area contributed by atoms with Gasteiger partial charge in [0.25, 0.3) is 0 Å². The molecule has 0 spiro atoms. The number of thiazole rings is 1. The molecule has 1 amide bonds. The number of hydrogen-bond donors (Lipinski definition) is 2. The first kappa shape index (κ1) is 17.9. The highest BCUT2D eigenvalue weighted by Crippen LogP contribution is 2.33. The molecule has 2 N–H and O–H groups in total. The summed E-state index contributed by atoms with van der Waals surface area (Å²) in [5.41, 5.74) is 0.907. The van der Waals surface area contributed by atoms with Crippen LogP contribution in [0.5, 0.6) is 0 Å². The Hall–Kier alpha value is -1.92. The van der Waals surface area contributed by atoms with Gasteiger partial charge in [0.15, 0.2) is 0 Å². The highest BCUT2D eigenvalue weighted by Gasteiger charge is 2.37. The second-order valence-electron chi connectivity index (χ2n) is 6.41. The zero-order valence-electron chi connectivity index (χ0n) is 13.6. The number of rotatable bonds is 6. The van der Waals surface area contributed by atoms with Crippen LogP contribution in [0.4, 0.5) is 0 Å². The molecule has 0 saturated heterocycles. The first-order chi connectivity index (χ1) is 12.0. The van der Waals surface area contributed by atoms with Crippen molar-refractivity contribution in [3.63, 3.8) is 0 Å². The number of aliphatic carboxylic acids is 1. The van der Waals surface area contributed by atoms with E-state index in [1.54, 1.807) is 6.07 Å². The highest BCUT2D eigenvalue weighted by atomic mass is 35.5. The van der Waals surface area contributed by atoms with Gasteiger partial charge in [0.2, 0.25) is 5.91 Å². The fourth-order valence-corrected chi connectivity index (χ4v) is 4.48. The second kappa shape index (κ2) is 7.54. The Labute approximate surface area is 155 Å². The zero-order valence-corrected chi connectivity index (χ0v) is 15.2. The number of halogens is 1. The predicted octanol–water partition coefficient (Wildman–Crippen LogP) is 3.91. The van der Waals surface area contributed by atoms with Gasteiger partial charge in [-0.15, -0.1) is 11.3 Å². The molecular formula is C18H19ClN2O3S. The molecule has 0 aliphatic heterocycles. The maximum Gasteiger partial charge on any atom is 0.305 e. The van der Waals surface area contributed by atoms with Crippen molar-refractivity contribution in [2.75, 3.05) is 0 Å². The molecule has 1 aliphatic rings. The molecule has 7 heteroatoms. The topological polar surface area (TPSA) is 79.3 Å². The lowest BCUT2D eigenvalue weighted by atomic mass is 9.93. The molecule has 5 nitrogen and oxygen atoms in total. The van der Waals surface area contributed by atoms with E-state index < -0.39 is 11.5 Å². The number of carboxylic acid groups (broad SMARTS) is 1. The lowest BCUT2D eigenvalue weighted by Gasteiger charge is -2.28. The second-order valence-corrected chi connectivity index (χ2v) is 7.67. The Morgan fingerprint density at radius 3 is 2.68 bits per heavy atom. The number of nitrogens with one attached hydrogen (secondary N) is 1. The summed E-state index contributed by atoms with van der Waals surface area (Å²) in [5.74, 6) is -1.06. The van der Waals surface area contributed by atoms with Gasteiger partial charge in [-0.3, -0.25) is 9.59 Å². The van der Waals surface area contributed by atoms with Crippen LogP contribution in [0.2, 0.25) is 5.02 Å². The van der Waals surface area contributed by atoms with Gasteiger partial charge in [-0.25, -0.2) is 4.98 Å². The third kappa shape index (κ3) is 4.38. The van der Waals surface area contributed by atoms with E-state index in [0.29, 0.717) is 23.6 Å². The van der Waals surface area contributed by atoms with Crippen LogP contribution in [0.1, 0.15) is 37.8 Å². The van der Waals surface area contributed by atoms with Crippen molar-refractivity contribution in [3.8, 4) is 10.6 Å². The molecule has 1 fully saturated rings. The average Bonchev–Trinajstić information content (AvgIpc) is 3.17. The first-order valence-corrected chi connectivity index (χ1v) is 9.45. The van der Waals surface area contributed by atoms with E-state index in [1.165, 1.54) is 11.3 Å². The monoisotopic (exact) mass is 378 g/mol. The molecule has 132 valence electrons. The minimum absolute atomic E-state index is 0.0271.